The van der Waals surface area contributed by atoms with E-state index in [1.54, 1.807) is 11.3 Å². The second-order valence-corrected chi connectivity index (χ2v) is 7.05. The molecular weight excluding hydrogens is 314 g/mol. The number of rotatable bonds is 2. The number of anilines is 3. The summed E-state index contributed by atoms with van der Waals surface area (Å²) in [6.45, 7) is 4.78. The monoisotopic (exact) mass is 335 g/mol. The molecule has 4 rings (SSSR count). The lowest BCUT2D eigenvalue weighted by Crippen LogP contribution is -2.36. The minimum atomic E-state index is -0.205. The fourth-order valence-corrected chi connectivity index (χ4v) is 4.09. The highest BCUT2D eigenvalue weighted by Gasteiger charge is 2.22. The lowest BCUT2D eigenvalue weighted by atomic mass is 10.1. The molecule has 23 heavy (non-hydrogen) atoms. The van der Waals surface area contributed by atoms with Crippen LogP contribution in [0.25, 0.3) is 10.3 Å². The molecule has 0 aromatic carbocycles. The number of morpholine rings is 1. The van der Waals surface area contributed by atoms with E-state index in [1.807, 2.05) is 6.07 Å². The van der Waals surface area contributed by atoms with Gasteiger partial charge in [0.1, 0.15) is 0 Å². The quantitative estimate of drug-likeness (QED) is 0.849. The summed E-state index contributed by atoms with van der Waals surface area (Å²) in [6, 6.07) is 1.98. The zero-order valence-corrected chi connectivity index (χ0v) is 13.8. The number of aromatic nitrogens is 2. The van der Waals surface area contributed by atoms with Crippen molar-refractivity contribution in [2.24, 2.45) is 0 Å². The first-order chi connectivity index (χ1) is 11.2. The molecule has 3 N–H and O–H groups in total. The van der Waals surface area contributed by atoms with Crippen molar-refractivity contribution in [2.45, 2.75) is 18.9 Å². The second kappa shape index (κ2) is 6.10. The van der Waals surface area contributed by atoms with Gasteiger partial charge in [-0.3, -0.25) is 0 Å². The highest BCUT2D eigenvalue weighted by Crippen LogP contribution is 2.33. The van der Waals surface area contributed by atoms with Gasteiger partial charge in [0.2, 0.25) is 0 Å². The van der Waals surface area contributed by atoms with E-state index >= 15 is 0 Å². The number of nitrogens with zero attached hydrogens (tertiary/aromatic N) is 4. The third-order valence-electron chi connectivity index (χ3n) is 4.43. The van der Waals surface area contributed by atoms with Gasteiger partial charge in [-0.1, -0.05) is 11.3 Å². The Bertz CT molecular complexity index is 692. The number of thiazole rings is 1. The van der Waals surface area contributed by atoms with Gasteiger partial charge in [0.05, 0.1) is 29.7 Å². The third kappa shape index (κ3) is 2.93. The minimum absolute atomic E-state index is 0.205. The molecule has 0 bridgehead atoms. The van der Waals surface area contributed by atoms with E-state index in [2.05, 4.69) is 9.80 Å². The number of fused-ring (bicyclic) bond motifs is 1. The second-order valence-electron chi connectivity index (χ2n) is 6.04. The first-order valence-electron chi connectivity index (χ1n) is 8.03. The van der Waals surface area contributed by atoms with Gasteiger partial charge in [-0.15, -0.1) is 0 Å². The molecule has 0 unspecified atom stereocenters. The molecule has 0 saturated carbocycles. The zero-order valence-electron chi connectivity index (χ0n) is 12.9. The van der Waals surface area contributed by atoms with Gasteiger partial charge in [0.25, 0.3) is 0 Å². The van der Waals surface area contributed by atoms with Gasteiger partial charge >= 0.3 is 0 Å². The fraction of sp³-hybridized carbons (Fsp3) is 0.600. The number of piperidine rings is 1. The van der Waals surface area contributed by atoms with E-state index in [1.165, 1.54) is 0 Å². The van der Waals surface area contributed by atoms with Crippen molar-refractivity contribution in [2.75, 3.05) is 54.9 Å². The molecule has 2 aliphatic rings. The first kappa shape index (κ1) is 14.9. The summed E-state index contributed by atoms with van der Waals surface area (Å²) in [5.74, 6) is 0.795. The largest absolute Gasteiger partial charge is 0.396 e. The Morgan fingerprint density at radius 2 is 1.87 bits per heavy atom. The van der Waals surface area contributed by atoms with Crippen molar-refractivity contribution in [3.05, 3.63) is 6.07 Å². The molecule has 0 atom stereocenters. The Balaban J connectivity index is 1.63. The number of aliphatic hydroxyl groups is 1. The topological polar surface area (TPSA) is 87.7 Å². The summed E-state index contributed by atoms with van der Waals surface area (Å²) >= 11 is 1.63. The molecule has 0 amide bonds. The lowest BCUT2D eigenvalue weighted by molar-refractivity contribution is 0.122. The van der Waals surface area contributed by atoms with Crippen LogP contribution in [0.1, 0.15) is 12.8 Å². The van der Waals surface area contributed by atoms with Crippen LogP contribution in [0.3, 0.4) is 0 Å². The minimum Gasteiger partial charge on any atom is -0.396 e. The summed E-state index contributed by atoms with van der Waals surface area (Å²) in [6.07, 6.45) is 1.31. The lowest BCUT2D eigenvalue weighted by Gasteiger charge is -2.31. The number of ether oxygens (including phenoxy) is 1. The Morgan fingerprint density at radius 1 is 1.13 bits per heavy atom. The number of hydrogen-bond donors (Lipinski definition) is 2. The summed E-state index contributed by atoms with van der Waals surface area (Å²) in [7, 11) is 0. The highest BCUT2D eigenvalue weighted by molar-refractivity contribution is 7.22. The Kier molecular flexibility index (Phi) is 3.96. The van der Waals surface area contributed by atoms with Gasteiger partial charge in [-0.2, -0.15) is 4.98 Å². The molecule has 0 spiro atoms. The van der Waals surface area contributed by atoms with Gasteiger partial charge in [0, 0.05) is 26.2 Å². The summed E-state index contributed by atoms with van der Waals surface area (Å²) in [5.41, 5.74) is 7.66. The fourth-order valence-electron chi connectivity index (χ4n) is 3.08. The molecule has 2 fully saturated rings. The average molecular weight is 335 g/mol. The molecule has 124 valence electrons. The maximum absolute atomic E-state index is 9.66. The predicted octanol–water partition coefficient (Wildman–Crippen LogP) is 1.07. The van der Waals surface area contributed by atoms with Gasteiger partial charge < -0.3 is 25.4 Å². The zero-order chi connectivity index (χ0) is 15.8. The van der Waals surface area contributed by atoms with Crippen molar-refractivity contribution < 1.29 is 9.84 Å². The SMILES string of the molecule is Nc1cc2sc(N3CCOCC3)nc2nc1N1CCC(O)CC1. The molecule has 7 nitrogen and oxygen atoms in total. The normalized spacial score (nSPS) is 20.4. The predicted molar refractivity (Wildman–Crippen MR) is 92.3 cm³/mol. The summed E-state index contributed by atoms with van der Waals surface area (Å²) in [4.78, 5) is 13.8. The van der Waals surface area contributed by atoms with E-state index < -0.39 is 0 Å². The van der Waals surface area contributed by atoms with Crippen LogP contribution < -0.4 is 15.5 Å². The maximum atomic E-state index is 9.66. The van der Waals surface area contributed by atoms with Gasteiger partial charge in [-0.05, 0) is 18.9 Å². The van der Waals surface area contributed by atoms with E-state index in [4.69, 9.17) is 20.4 Å². The van der Waals surface area contributed by atoms with Crippen molar-refractivity contribution in [1.29, 1.82) is 0 Å². The standard InChI is InChI=1S/C15H21N5O2S/c16-11-9-12-13(17-14(11)19-3-1-10(21)2-4-19)18-15(23-12)20-5-7-22-8-6-20/h9-10,21H,1-8,16H2. The van der Waals surface area contributed by atoms with Crippen molar-refractivity contribution in [3.8, 4) is 0 Å². The van der Waals surface area contributed by atoms with Crippen molar-refractivity contribution in [3.63, 3.8) is 0 Å². The molecule has 0 radical (unpaired) electrons. The molecular formula is C15H21N5O2S. The molecule has 2 aliphatic heterocycles. The summed E-state index contributed by atoms with van der Waals surface area (Å²) < 4.78 is 6.41. The van der Waals surface area contributed by atoms with Crippen LogP contribution in [0.2, 0.25) is 0 Å². The van der Waals surface area contributed by atoms with Crippen LogP contribution in [0.4, 0.5) is 16.6 Å². The summed E-state index contributed by atoms with van der Waals surface area (Å²) in [5, 5.41) is 10.6. The maximum Gasteiger partial charge on any atom is 0.188 e. The Hall–Kier alpha value is -1.64. The van der Waals surface area contributed by atoms with E-state index in [9.17, 15) is 5.11 Å². The van der Waals surface area contributed by atoms with Crippen molar-refractivity contribution >= 4 is 38.3 Å². The Labute approximate surface area is 138 Å². The first-order valence-corrected chi connectivity index (χ1v) is 8.85. The van der Waals surface area contributed by atoms with Crippen LogP contribution in [0.15, 0.2) is 6.07 Å². The van der Waals surface area contributed by atoms with Gasteiger partial charge in [-0.25, -0.2) is 4.98 Å². The number of aliphatic hydroxyl groups excluding tert-OH is 1. The molecule has 2 aromatic rings. The number of hydrogen-bond acceptors (Lipinski definition) is 8. The smallest absolute Gasteiger partial charge is 0.188 e. The molecule has 2 aromatic heterocycles. The molecule has 8 heteroatoms. The number of nitrogens with two attached hydrogens (primary N) is 1. The number of pyridine rings is 1. The van der Waals surface area contributed by atoms with Crippen LogP contribution in [0, 0.1) is 0 Å². The van der Waals surface area contributed by atoms with E-state index in [-0.39, 0.29) is 6.10 Å². The molecule has 0 aliphatic carbocycles. The van der Waals surface area contributed by atoms with Crippen LogP contribution in [0.5, 0.6) is 0 Å². The molecule has 2 saturated heterocycles. The van der Waals surface area contributed by atoms with Crippen LogP contribution >= 0.6 is 11.3 Å². The van der Waals surface area contributed by atoms with Crippen LogP contribution in [-0.2, 0) is 4.74 Å². The van der Waals surface area contributed by atoms with E-state index in [0.717, 1.165) is 73.5 Å². The molecule has 4 heterocycles. The third-order valence-corrected chi connectivity index (χ3v) is 5.48. The van der Waals surface area contributed by atoms with Gasteiger partial charge in [0.15, 0.2) is 16.6 Å². The van der Waals surface area contributed by atoms with Crippen molar-refractivity contribution in [1.82, 2.24) is 9.97 Å². The number of nitrogen functional groups attached to an aromatic ring is 1. The Morgan fingerprint density at radius 3 is 2.61 bits per heavy atom. The average Bonchev–Trinajstić information content (AvgIpc) is 2.98. The highest BCUT2D eigenvalue weighted by atomic mass is 32.1. The van der Waals surface area contributed by atoms with Crippen LogP contribution in [-0.4, -0.2) is 60.6 Å². The van der Waals surface area contributed by atoms with E-state index in [0.29, 0.717) is 5.69 Å².